The van der Waals surface area contributed by atoms with Crippen molar-refractivity contribution in [1.82, 2.24) is 4.90 Å². The molecule has 2 amide bonds. The lowest BCUT2D eigenvalue weighted by atomic mass is 9.92. The normalized spacial score (nSPS) is 20.3. The molecular formula is C25H24N2O3S. The SMILES string of the molecule is O=C(Nc1cccc(C(=O)N2CCc3sccc3[C@@H]2c2ccccc2)c1)[C@@H]1CCCO1. The minimum absolute atomic E-state index is 0.0288. The number of carbonyl (C=O) groups excluding carboxylic acids is 2. The smallest absolute Gasteiger partial charge is 0.254 e. The Kier molecular flexibility index (Phi) is 5.57. The van der Waals surface area contributed by atoms with Crippen LogP contribution in [0.15, 0.2) is 66.0 Å². The van der Waals surface area contributed by atoms with Gasteiger partial charge in [0, 0.05) is 29.3 Å². The molecule has 0 unspecified atom stereocenters. The molecule has 0 saturated carbocycles. The molecule has 1 fully saturated rings. The standard InChI is InChI=1S/C25H24N2O3S/c28-24(21-10-5-14-30-21)26-19-9-4-8-18(16-19)25(29)27-13-11-22-20(12-15-31-22)23(27)17-6-2-1-3-7-17/h1-4,6-9,12,15-16,21,23H,5,10-11,13-14H2,(H,26,28)/t21-,23-/m0/s1. The number of thiophene rings is 1. The van der Waals surface area contributed by atoms with Crippen LogP contribution in [0.25, 0.3) is 0 Å². The van der Waals surface area contributed by atoms with Crippen LogP contribution in [0.4, 0.5) is 5.69 Å². The zero-order valence-corrected chi connectivity index (χ0v) is 17.9. The number of nitrogens with zero attached hydrogens (tertiary/aromatic N) is 1. The van der Waals surface area contributed by atoms with E-state index in [0.717, 1.165) is 24.8 Å². The second-order valence-corrected chi connectivity index (χ2v) is 8.93. The van der Waals surface area contributed by atoms with Gasteiger partial charge in [0.2, 0.25) is 0 Å². The maximum Gasteiger partial charge on any atom is 0.254 e. The second-order valence-electron chi connectivity index (χ2n) is 7.93. The van der Waals surface area contributed by atoms with E-state index in [2.05, 4.69) is 28.9 Å². The summed E-state index contributed by atoms with van der Waals surface area (Å²) >= 11 is 1.76. The van der Waals surface area contributed by atoms with Crippen molar-refractivity contribution in [1.29, 1.82) is 0 Å². The van der Waals surface area contributed by atoms with Gasteiger partial charge in [-0.15, -0.1) is 11.3 Å². The van der Waals surface area contributed by atoms with Gasteiger partial charge in [-0.3, -0.25) is 9.59 Å². The molecule has 0 aliphatic carbocycles. The molecule has 1 aromatic heterocycles. The number of amides is 2. The Morgan fingerprint density at radius 2 is 1.94 bits per heavy atom. The summed E-state index contributed by atoms with van der Waals surface area (Å²) in [5.41, 5.74) is 3.51. The number of anilines is 1. The van der Waals surface area contributed by atoms with Crippen LogP contribution in [0, 0.1) is 0 Å². The number of rotatable bonds is 4. The summed E-state index contributed by atoms with van der Waals surface area (Å²) in [4.78, 5) is 29.3. The lowest BCUT2D eigenvalue weighted by Gasteiger charge is -2.36. The molecule has 31 heavy (non-hydrogen) atoms. The Morgan fingerprint density at radius 1 is 1.06 bits per heavy atom. The molecule has 2 atom stereocenters. The fraction of sp³-hybridized carbons (Fsp3) is 0.280. The molecule has 0 bridgehead atoms. The summed E-state index contributed by atoms with van der Waals surface area (Å²) in [6.07, 6.45) is 2.09. The first-order chi connectivity index (χ1) is 15.2. The molecule has 5 nitrogen and oxygen atoms in total. The van der Waals surface area contributed by atoms with Crippen molar-refractivity contribution in [2.75, 3.05) is 18.5 Å². The minimum Gasteiger partial charge on any atom is -0.368 e. The Bertz CT molecular complexity index is 1090. The molecule has 1 N–H and O–H groups in total. The van der Waals surface area contributed by atoms with Crippen molar-refractivity contribution in [3.63, 3.8) is 0 Å². The third-order valence-corrected chi connectivity index (χ3v) is 6.94. The number of nitrogens with one attached hydrogen (secondary N) is 1. The van der Waals surface area contributed by atoms with Crippen molar-refractivity contribution in [3.8, 4) is 0 Å². The van der Waals surface area contributed by atoms with Gasteiger partial charge >= 0.3 is 0 Å². The van der Waals surface area contributed by atoms with E-state index in [1.807, 2.05) is 41.3 Å². The van der Waals surface area contributed by atoms with Gasteiger partial charge in [0.05, 0.1) is 6.04 Å². The number of carbonyl (C=O) groups is 2. The quantitative estimate of drug-likeness (QED) is 0.653. The predicted octanol–water partition coefficient (Wildman–Crippen LogP) is 4.65. The van der Waals surface area contributed by atoms with Crippen LogP contribution in [0.1, 0.15) is 45.2 Å². The molecule has 2 aliphatic heterocycles. The van der Waals surface area contributed by atoms with E-state index in [0.29, 0.717) is 24.4 Å². The zero-order valence-electron chi connectivity index (χ0n) is 17.1. The number of fused-ring (bicyclic) bond motifs is 1. The molecule has 0 spiro atoms. The lowest BCUT2D eigenvalue weighted by Crippen LogP contribution is -2.40. The Morgan fingerprint density at radius 3 is 2.74 bits per heavy atom. The predicted molar refractivity (Wildman–Crippen MR) is 121 cm³/mol. The average molecular weight is 433 g/mol. The van der Waals surface area contributed by atoms with E-state index in [9.17, 15) is 9.59 Å². The Balaban J connectivity index is 1.42. The summed E-state index contributed by atoms with van der Waals surface area (Å²) in [7, 11) is 0. The van der Waals surface area contributed by atoms with E-state index in [-0.39, 0.29) is 17.9 Å². The third-order valence-electron chi connectivity index (χ3n) is 5.94. The molecule has 3 aromatic rings. The largest absolute Gasteiger partial charge is 0.368 e. The van der Waals surface area contributed by atoms with Crippen LogP contribution in [0.5, 0.6) is 0 Å². The highest BCUT2D eigenvalue weighted by Crippen LogP contribution is 2.38. The molecule has 0 radical (unpaired) electrons. The van der Waals surface area contributed by atoms with E-state index in [1.165, 1.54) is 10.4 Å². The molecule has 5 rings (SSSR count). The van der Waals surface area contributed by atoms with Gasteiger partial charge in [-0.2, -0.15) is 0 Å². The first kappa shape index (κ1) is 20.0. The molecule has 158 valence electrons. The van der Waals surface area contributed by atoms with Gasteiger partial charge in [0.1, 0.15) is 6.10 Å². The van der Waals surface area contributed by atoms with Crippen LogP contribution in [0.2, 0.25) is 0 Å². The topological polar surface area (TPSA) is 58.6 Å². The van der Waals surface area contributed by atoms with Gasteiger partial charge in [0.15, 0.2) is 0 Å². The van der Waals surface area contributed by atoms with Gasteiger partial charge in [-0.25, -0.2) is 0 Å². The fourth-order valence-electron chi connectivity index (χ4n) is 4.43. The Hall–Kier alpha value is -2.96. The van der Waals surface area contributed by atoms with Crippen LogP contribution in [-0.4, -0.2) is 36.0 Å². The summed E-state index contributed by atoms with van der Waals surface area (Å²) < 4.78 is 5.46. The first-order valence-corrected chi connectivity index (χ1v) is 11.5. The maximum atomic E-state index is 13.6. The number of hydrogen-bond donors (Lipinski definition) is 1. The van der Waals surface area contributed by atoms with Crippen LogP contribution in [-0.2, 0) is 16.0 Å². The molecule has 1 saturated heterocycles. The van der Waals surface area contributed by atoms with Gasteiger partial charge in [0.25, 0.3) is 11.8 Å². The van der Waals surface area contributed by atoms with Crippen molar-refractivity contribution in [2.45, 2.75) is 31.4 Å². The first-order valence-electron chi connectivity index (χ1n) is 10.7. The van der Waals surface area contributed by atoms with E-state index in [1.54, 1.807) is 17.4 Å². The minimum atomic E-state index is -0.402. The van der Waals surface area contributed by atoms with Gasteiger partial charge in [-0.05, 0) is 60.0 Å². The van der Waals surface area contributed by atoms with Crippen molar-refractivity contribution in [2.24, 2.45) is 0 Å². The van der Waals surface area contributed by atoms with E-state index in [4.69, 9.17) is 4.74 Å². The maximum absolute atomic E-state index is 13.6. The summed E-state index contributed by atoms with van der Waals surface area (Å²) in [5.74, 6) is -0.177. The third kappa shape index (κ3) is 4.01. The number of benzene rings is 2. The van der Waals surface area contributed by atoms with Crippen LogP contribution >= 0.6 is 11.3 Å². The molecule has 2 aliphatic rings. The summed E-state index contributed by atoms with van der Waals surface area (Å²) in [5, 5.41) is 5.01. The van der Waals surface area contributed by atoms with Gasteiger partial charge < -0.3 is 15.0 Å². The fourth-order valence-corrected chi connectivity index (χ4v) is 5.34. The van der Waals surface area contributed by atoms with E-state index >= 15 is 0 Å². The van der Waals surface area contributed by atoms with Crippen LogP contribution in [0.3, 0.4) is 0 Å². The number of ether oxygens (including phenoxy) is 1. The Labute approximate surface area is 185 Å². The average Bonchev–Trinajstić information content (AvgIpc) is 3.51. The van der Waals surface area contributed by atoms with Crippen LogP contribution < -0.4 is 5.32 Å². The molecular weight excluding hydrogens is 408 g/mol. The summed E-state index contributed by atoms with van der Waals surface area (Å²) in [6.45, 7) is 1.29. The van der Waals surface area contributed by atoms with E-state index < -0.39 is 6.10 Å². The highest BCUT2D eigenvalue weighted by atomic mass is 32.1. The van der Waals surface area contributed by atoms with Crippen molar-refractivity contribution < 1.29 is 14.3 Å². The van der Waals surface area contributed by atoms with Gasteiger partial charge in [-0.1, -0.05) is 36.4 Å². The van der Waals surface area contributed by atoms with Crippen molar-refractivity contribution in [3.05, 3.63) is 87.6 Å². The molecule has 2 aromatic carbocycles. The zero-order chi connectivity index (χ0) is 21.2. The highest BCUT2D eigenvalue weighted by Gasteiger charge is 2.33. The number of hydrogen-bond acceptors (Lipinski definition) is 4. The summed E-state index contributed by atoms with van der Waals surface area (Å²) in [6, 6.07) is 19.4. The van der Waals surface area contributed by atoms with Crippen molar-refractivity contribution >= 4 is 28.8 Å². The highest BCUT2D eigenvalue weighted by molar-refractivity contribution is 7.10. The molecule has 3 heterocycles. The monoisotopic (exact) mass is 432 g/mol. The lowest BCUT2D eigenvalue weighted by molar-refractivity contribution is -0.124. The molecule has 6 heteroatoms. The second kappa shape index (κ2) is 8.65.